The molecule has 0 amide bonds. The van der Waals surface area contributed by atoms with Gasteiger partial charge in [0.05, 0.1) is 19.8 Å². The predicted octanol–water partition coefficient (Wildman–Crippen LogP) is 2.88. The highest BCUT2D eigenvalue weighted by Gasteiger charge is 2.42. The lowest BCUT2D eigenvalue weighted by Gasteiger charge is -2.28. The fourth-order valence-corrected chi connectivity index (χ4v) is 2.12. The van der Waals surface area contributed by atoms with Crippen LogP contribution >= 0.6 is 15.9 Å². The highest BCUT2D eigenvalue weighted by Crippen LogP contribution is 2.26. The molecule has 1 heterocycles. The van der Waals surface area contributed by atoms with Crippen LogP contribution < -0.4 is 0 Å². The van der Waals surface area contributed by atoms with Crippen LogP contribution in [0.1, 0.15) is 12.0 Å². The van der Waals surface area contributed by atoms with Crippen molar-refractivity contribution in [2.75, 3.05) is 7.11 Å². The minimum atomic E-state index is -1.38. The van der Waals surface area contributed by atoms with E-state index in [1.165, 1.54) is 19.4 Å². The minimum Gasteiger partial charge on any atom is -0.478 e. The highest BCUT2D eigenvalue weighted by molar-refractivity contribution is 9.10. The van der Waals surface area contributed by atoms with E-state index in [0.29, 0.717) is 0 Å². The second-order valence-electron chi connectivity index (χ2n) is 4.33. The molecule has 0 N–H and O–H groups in total. The van der Waals surface area contributed by atoms with Crippen LogP contribution in [-0.4, -0.2) is 24.5 Å². The smallest absolute Gasteiger partial charge is 0.354 e. The summed E-state index contributed by atoms with van der Waals surface area (Å²) in [5, 5.41) is 0. The van der Waals surface area contributed by atoms with E-state index in [2.05, 4.69) is 15.9 Å². The average molecular weight is 337 g/mol. The monoisotopic (exact) mass is 336 g/mol. The second-order valence-corrected chi connectivity index (χ2v) is 5.25. The Morgan fingerprint density at radius 1 is 1.40 bits per heavy atom. The van der Waals surface area contributed by atoms with Gasteiger partial charge in [-0.05, 0) is 23.8 Å². The summed E-state index contributed by atoms with van der Waals surface area (Å²) >= 11 is 3.35. The lowest BCUT2D eigenvalue weighted by Crippen LogP contribution is -2.43. The van der Waals surface area contributed by atoms with Crippen molar-refractivity contribution in [3.8, 4) is 0 Å². The largest absolute Gasteiger partial charge is 0.478 e. The Morgan fingerprint density at radius 3 is 2.70 bits per heavy atom. The number of esters is 1. The average Bonchev–Trinajstić information content (AvgIpc) is 2.46. The zero-order valence-corrected chi connectivity index (χ0v) is 12.4. The summed E-state index contributed by atoms with van der Waals surface area (Å²) in [7, 11) is 1.27. The van der Waals surface area contributed by atoms with Crippen molar-refractivity contribution in [3.63, 3.8) is 0 Å². The van der Waals surface area contributed by atoms with Gasteiger partial charge in [-0.25, -0.2) is 4.79 Å². The van der Waals surface area contributed by atoms with E-state index in [1.54, 1.807) is 12.2 Å². The zero-order valence-electron chi connectivity index (χ0n) is 10.8. The second kappa shape index (κ2) is 6.05. The van der Waals surface area contributed by atoms with Gasteiger partial charge in [0.1, 0.15) is 0 Å². The van der Waals surface area contributed by atoms with E-state index in [1.807, 2.05) is 24.3 Å². The maximum absolute atomic E-state index is 11.9. The van der Waals surface area contributed by atoms with E-state index in [0.717, 1.165) is 10.0 Å². The third kappa shape index (κ3) is 3.17. The number of hydrogen-bond acceptors (Lipinski definition) is 4. The van der Waals surface area contributed by atoms with Crippen molar-refractivity contribution < 1.29 is 19.1 Å². The standard InChI is InChI=1S/C15H13BrO4/c1-19-14(18)15(10-13(17)7-9-20-15)8-6-11-2-4-12(16)5-3-11/h2-9H,10H2,1H3/b8-6+/t15-/m0/s1. The number of carbonyl (C=O) groups excluding carboxylic acids is 2. The first-order chi connectivity index (χ1) is 9.55. The van der Waals surface area contributed by atoms with Crippen molar-refractivity contribution in [1.82, 2.24) is 0 Å². The molecule has 0 aliphatic carbocycles. The predicted molar refractivity (Wildman–Crippen MR) is 77.8 cm³/mol. The molecule has 104 valence electrons. The molecular formula is C15H13BrO4. The normalized spacial score (nSPS) is 21.8. The maximum atomic E-state index is 11.9. The van der Waals surface area contributed by atoms with Gasteiger partial charge in [0.2, 0.25) is 5.60 Å². The number of ether oxygens (including phenoxy) is 2. The van der Waals surface area contributed by atoms with Gasteiger partial charge in [-0.15, -0.1) is 0 Å². The van der Waals surface area contributed by atoms with Gasteiger partial charge in [0.25, 0.3) is 0 Å². The van der Waals surface area contributed by atoms with Crippen LogP contribution in [0.15, 0.2) is 47.2 Å². The fraction of sp³-hybridized carbons (Fsp3) is 0.200. The fourth-order valence-electron chi connectivity index (χ4n) is 1.85. The number of ketones is 1. The van der Waals surface area contributed by atoms with Gasteiger partial charge in [0.15, 0.2) is 5.78 Å². The Kier molecular flexibility index (Phi) is 4.39. The molecule has 1 aromatic rings. The summed E-state index contributed by atoms with van der Waals surface area (Å²) in [6, 6.07) is 7.53. The first-order valence-corrected chi connectivity index (χ1v) is 6.75. The number of carbonyl (C=O) groups is 2. The molecule has 0 saturated carbocycles. The summed E-state index contributed by atoms with van der Waals surface area (Å²) in [6.45, 7) is 0. The molecule has 0 bridgehead atoms. The van der Waals surface area contributed by atoms with Gasteiger partial charge in [0, 0.05) is 10.5 Å². The highest BCUT2D eigenvalue weighted by atomic mass is 79.9. The van der Waals surface area contributed by atoms with Crippen LogP contribution in [0, 0.1) is 0 Å². The van der Waals surface area contributed by atoms with E-state index < -0.39 is 11.6 Å². The molecule has 1 aliphatic rings. The molecule has 1 aromatic carbocycles. The van der Waals surface area contributed by atoms with E-state index in [4.69, 9.17) is 9.47 Å². The van der Waals surface area contributed by atoms with Crippen LogP contribution in [0.3, 0.4) is 0 Å². The Hall–Kier alpha value is -1.88. The molecule has 0 aromatic heterocycles. The number of benzene rings is 1. The van der Waals surface area contributed by atoms with E-state index in [-0.39, 0.29) is 12.2 Å². The van der Waals surface area contributed by atoms with Crippen molar-refractivity contribution >= 4 is 33.8 Å². The summed E-state index contributed by atoms with van der Waals surface area (Å²) in [6.07, 6.45) is 5.76. The molecule has 20 heavy (non-hydrogen) atoms. The van der Waals surface area contributed by atoms with E-state index >= 15 is 0 Å². The first-order valence-electron chi connectivity index (χ1n) is 5.96. The zero-order chi connectivity index (χ0) is 14.6. The summed E-state index contributed by atoms with van der Waals surface area (Å²) in [5.41, 5.74) is -0.490. The Balaban J connectivity index is 2.29. The minimum absolute atomic E-state index is 0.0663. The van der Waals surface area contributed by atoms with Crippen LogP contribution in [0.5, 0.6) is 0 Å². The van der Waals surface area contributed by atoms with Crippen molar-refractivity contribution in [3.05, 3.63) is 52.7 Å². The Morgan fingerprint density at radius 2 is 2.10 bits per heavy atom. The molecule has 5 heteroatoms. The third-order valence-corrected chi connectivity index (χ3v) is 3.44. The lowest BCUT2D eigenvalue weighted by molar-refractivity contribution is -0.160. The SMILES string of the molecule is COC(=O)[C@]1(/C=C/c2ccc(Br)cc2)CC(=O)C=CO1. The van der Waals surface area contributed by atoms with Crippen molar-refractivity contribution in [1.29, 1.82) is 0 Å². The number of halogens is 1. The molecule has 0 unspecified atom stereocenters. The Bertz CT molecular complexity index is 574. The van der Waals surface area contributed by atoms with Crippen LogP contribution in [0.2, 0.25) is 0 Å². The summed E-state index contributed by atoms with van der Waals surface area (Å²) < 4.78 is 11.1. The summed E-state index contributed by atoms with van der Waals surface area (Å²) in [4.78, 5) is 23.5. The third-order valence-electron chi connectivity index (χ3n) is 2.92. The van der Waals surface area contributed by atoms with Gasteiger partial charge in [-0.2, -0.15) is 0 Å². The molecule has 0 fully saturated rings. The molecule has 0 radical (unpaired) electrons. The summed E-state index contributed by atoms with van der Waals surface area (Å²) in [5.74, 6) is -0.773. The maximum Gasteiger partial charge on any atom is 0.354 e. The van der Waals surface area contributed by atoms with Gasteiger partial charge >= 0.3 is 5.97 Å². The molecule has 1 aliphatic heterocycles. The van der Waals surface area contributed by atoms with Gasteiger partial charge in [-0.1, -0.05) is 34.1 Å². The number of rotatable bonds is 3. The molecule has 2 rings (SSSR count). The van der Waals surface area contributed by atoms with Gasteiger partial charge < -0.3 is 9.47 Å². The van der Waals surface area contributed by atoms with Crippen molar-refractivity contribution in [2.45, 2.75) is 12.0 Å². The Labute approximate surface area is 125 Å². The van der Waals surface area contributed by atoms with Crippen molar-refractivity contribution in [2.24, 2.45) is 0 Å². The molecule has 0 saturated heterocycles. The molecule has 1 atom stereocenters. The topological polar surface area (TPSA) is 52.6 Å². The lowest BCUT2D eigenvalue weighted by atomic mass is 9.93. The quantitative estimate of drug-likeness (QED) is 0.796. The van der Waals surface area contributed by atoms with E-state index in [9.17, 15) is 9.59 Å². The number of allylic oxidation sites excluding steroid dienone is 1. The first kappa shape index (κ1) is 14.5. The molecule has 0 spiro atoms. The number of hydrogen-bond donors (Lipinski definition) is 0. The number of methoxy groups -OCH3 is 1. The van der Waals surface area contributed by atoms with Gasteiger partial charge in [-0.3, -0.25) is 4.79 Å². The molecular weight excluding hydrogens is 324 g/mol. The molecule has 4 nitrogen and oxygen atoms in total. The van der Waals surface area contributed by atoms with Crippen LogP contribution in [-0.2, 0) is 19.1 Å². The van der Waals surface area contributed by atoms with Crippen LogP contribution in [0.25, 0.3) is 6.08 Å². The van der Waals surface area contributed by atoms with Crippen LogP contribution in [0.4, 0.5) is 0 Å².